The van der Waals surface area contributed by atoms with Crippen LogP contribution in [0.5, 0.6) is 5.75 Å². The largest absolute Gasteiger partial charge is 0.496 e. The van der Waals surface area contributed by atoms with E-state index in [2.05, 4.69) is 15.6 Å². The maximum Gasteiger partial charge on any atom is 0.255 e. The van der Waals surface area contributed by atoms with E-state index in [-0.39, 0.29) is 24.0 Å². The van der Waals surface area contributed by atoms with Crippen LogP contribution in [-0.2, 0) is 6.54 Å². The Morgan fingerprint density at radius 1 is 1.35 bits per heavy atom. The van der Waals surface area contributed by atoms with Crippen LogP contribution in [-0.4, -0.2) is 33.1 Å². The molecule has 0 aliphatic heterocycles. The minimum absolute atomic E-state index is 0. The molecule has 4 nitrogen and oxygen atoms in total. The van der Waals surface area contributed by atoms with E-state index in [0.29, 0.717) is 12.5 Å². The van der Waals surface area contributed by atoms with Gasteiger partial charge in [-0.25, -0.2) is 8.78 Å². The zero-order valence-corrected chi connectivity index (χ0v) is 14.1. The van der Waals surface area contributed by atoms with Crippen LogP contribution in [0.15, 0.2) is 23.2 Å². The molecule has 0 atom stereocenters. The smallest absolute Gasteiger partial charge is 0.255 e. The van der Waals surface area contributed by atoms with Gasteiger partial charge in [-0.05, 0) is 18.6 Å². The summed E-state index contributed by atoms with van der Waals surface area (Å²) in [6.45, 7) is 2.00. The van der Waals surface area contributed by atoms with Crippen LogP contribution >= 0.6 is 24.0 Å². The predicted octanol–water partition coefficient (Wildman–Crippen LogP) is 2.55. The molecule has 0 heterocycles. The fraction of sp³-hybridized carbons (Fsp3) is 0.462. The first-order valence-electron chi connectivity index (χ1n) is 5.93. The Balaban J connectivity index is 0.00000361. The van der Waals surface area contributed by atoms with E-state index in [9.17, 15) is 8.78 Å². The molecule has 0 radical (unpaired) electrons. The highest BCUT2D eigenvalue weighted by molar-refractivity contribution is 14.0. The van der Waals surface area contributed by atoms with E-state index in [1.165, 1.54) is 7.05 Å². The lowest BCUT2D eigenvalue weighted by Crippen LogP contribution is -2.39. The normalized spacial score (nSPS) is 11.0. The summed E-state index contributed by atoms with van der Waals surface area (Å²) in [5, 5.41) is 5.50. The number of alkyl halides is 2. The number of rotatable bonds is 5. The number of aliphatic imine (C=N–C) groups is 1. The molecule has 0 bridgehead atoms. The maximum absolute atomic E-state index is 12.1. The molecular weight excluding hydrogens is 379 g/mol. The third-order valence-electron chi connectivity index (χ3n) is 2.54. The van der Waals surface area contributed by atoms with Crippen molar-refractivity contribution in [2.75, 3.05) is 20.7 Å². The van der Waals surface area contributed by atoms with Crippen molar-refractivity contribution in [1.82, 2.24) is 10.6 Å². The summed E-state index contributed by atoms with van der Waals surface area (Å²) in [6, 6.07) is 5.82. The minimum atomic E-state index is -2.41. The summed E-state index contributed by atoms with van der Waals surface area (Å²) in [6.07, 6.45) is -2.41. The molecule has 1 rings (SSSR count). The van der Waals surface area contributed by atoms with Crippen LogP contribution in [0, 0.1) is 6.92 Å². The van der Waals surface area contributed by atoms with E-state index in [1.54, 1.807) is 7.11 Å². The molecule has 0 aliphatic rings. The standard InChI is InChI=1S/C13H19F2N3O.HI/c1-9-4-5-10(11(6-9)19-3)7-17-13(16-2)18-8-12(14)15;/h4-6,12H,7-8H2,1-3H3,(H2,16,17,18);1H. The Bertz CT molecular complexity index is 442. The molecule has 0 spiro atoms. The molecule has 2 N–H and O–H groups in total. The van der Waals surface area contributed by atoms with Gasteiger partial charge < -0.3 is 15.4 Å². The van der Waals surface area contributed by atoms with Crippen molar-refractivity contribution in [2.45, 2.75) is 19.9 Å². The average Bonchev–Trinajstić information content (AvgIpc) is 2.39. The van der Waals surface area contributed by atoms with Crippen molar-refractivity contribution in [1.29, 1.82) is 0 Å². The van der Waals surface area contributed by atoms with Crippen LogP contribution in [0.2, 0.25) is 0 Å². The van der Waals surface area contributed by atoms with E-state index in [0.717, 1.165) is 16.9 Å². The highest BCUT2D eigenvalue weighted by Crippen LogP contribution is 2.19. The second-order valence-electron chi connectivity index (χ2n) is 4.01. The number of hydrogen-bond donors (Lipinski definition) is 2. The Labute approximate surface area is 135 Å². The summed E-state index contributed by atoms with van der Waals surface area (Å²) in [7, 11) is 3.13. The highest BCUT2D eigenvalue weighted by atomic mass is 127. The van der Waals surface area contributed by atoms with E-state index in [1.807, 2.05) is 25.1 Å². The molecule has 1 aromatic rings. The Morgan fingerprint density at radius 2 is 2.05 bits per heavy atom. The second-order valence-corrected chi connectivity index (χ2v) is 4.01. The number of nitrogens with zero attached hydrogens (tertiary/aromatic N) is 1. The fourth-order valence-electron chi connectivity index (χ4n) is 1.57. The molecule has 0 aromatic heterocycles. The summed E-state index contributed by atoms with van der Waals surface area (Å²) in [4.78, 5) is 3.87. The first kappa shape index (κ1) is 18.9. The van der Waals surface area contributed by atoms with Gasteiger partial charge in [-0.1, -0.05) is 12.1 Å². The second kappa shape index (κ2) is 9.73. The Morgan fingerprint density at radius 3 is 2.60 bits per heavy atom. The van der Waals surface area contributed by atoms with Crippen molar-refractivity contribution in [3.63, 3.8) is 0 Å². The quantitative estimate of drug-likeness (QED) is 0.455. The number of methoxy groups -OCH3 is 1. The first-order chi connectivity index (χ1) is 9.06. The van der Waals surface area contributed by atoms with Gasteiger partial charge in [-0.15, -0.1) is 24.0 Å². The number of ether oxygens (including phenoxy) is 1. The van der Waals surface area contributed by atoms with E-state index < -0.39 is 13.0 Å². The topological polar surface area (TPSA) is 45.7 Å². The number of guanidine groups is 1. The predicted molar refractivity (Wildman–Crippen MR) is 87.4 cm³/mol. The zero-order chi connectivity index (χ0) is 14.3. The van der Waals surface area contributed by atoms with E-state index >= 15 is 0 Å². The van der Waals surface area contributed by atoms with Gasteiger partial charge in [-0.2, -0.15) is 0 Å². The van der Waals surface area contributed by atoms with E-state index in [4.69, 9.17) is 4.74 Å². The fourth-order valence-corrected chi connectivity index (χ4v) is 1.57. The number of halogens is 3. The van der Waals surface area contributed by atoms with Crippen molar-refractivity contribution in [3.8, 4) is 5.75 Å². The molecule has 114 valence electrons. The van der Waals surface area contributed by atoms with Crippen LogP contribution in [0.3, 0.4) is 0 Å². The molecule has 0 unspecified atom stereocenters. The number of nitrogens with one attached hydrogen (secondary N) is 2. The summed E-state index contributed by atoms with van der Waals surface area (Å²) >= 11 is 0. The van der Waals surface area contributed by atoms with Gasteiger partial charge in [0.15, 0.2) is 5.96 Å². The summed E-state index contributed by atoms with van der Waals surface area (Å²) in [5.41, 5.74) is 2.04. The number of aryl methyl sites for hydroxylation is 1. The van der Waals surface area contributed by atoms with Gasteiger partial charge in [0.25, 0.3) is 6.43 Å². The molecule has 0 saturated carbocycles. The lowest BCUT2D eigenvalue weighted by Gasteiger charge is -2.14. The lowest BCUT2D eigenvalue weighted by atomic mass is 10.1. The lowest BCUT2D eigenvalue weighted by molar-refractivity contribution is 0.152. The third kappa shape index (κ3) is 6.36. The Hall–Kier alpha value is -1.12. The first-order valence-corrected chi connectivity index (χ1v) is 5.93. The molecular formula is C13H20F2IN3O. The maximum atomic E-state index is 12.1. The van der Waals surface area contributed by atoms with Crippen molar-refractivity contribution < 1.29 is 13.5 Å². The van der Waals surface area contributed by atoms with Crippen molar-refractivity contribution in [3.05, 3.63) is 29.3 Å². The molecule has 0 aliphatic carbocycles. The van der Waals surface area contributed by atoms with Crippen LogP contribution in [0.4, 0.5) is 8.78 Å². The Kier molecular flexibility index (Phi) is 9.19. The molecule has 0 saturated heterocycles. The number of hydrogen-bond acceptors (Lipinski definition) is 2. The summed E-state index contributed by atoms with van der Waals surface area (Å²) in [5.74, 6) is 1.10. The molecule has 20 heavy (non-hydrogen) atoms. The molecule has 0 amide bonds. The molecule has 1 aromatic carbocycles. The number of benzene rings is 1. The van der Waals surface area contributed by atoms with Gasteiger partial charge in [0.05, 0.1) is 13.7 Å². The highest BCUT2D eigenvalue weighted by Gasteiger charge is 2.06. The third-order valence-corrected chi connectivity index (χ3v) is 2.54. The van der Waals surface area contributed by atoms with Gasteiger partial charge >= 0.3 is 0 Å². The monoisotopic (exact) mass is 399 g/mol. The zero-order valence-electron chi connectivity index (χ0n) is 11.7. The van der Waals surface area contributed by atoms with Crippen LogP contribution < -0.4 is 15.4 Å². The molecule has 7 heteroatoms. The SMILES string of the molecule is CN=C(NCc1ccc(C)cc1OC)NCC(F)F.I. The van der Waals surface area contributed by atoms with Crippen LogP contribution in [0.1, 0.15) is 11.1 Å². The van der Waals surface area contributed by atoms with Crippen LogP contribution in [0.25, 0.3) is 0 Å². The van der Waals surface area contributed by atoms with Gasteiger partial charge in [0, 0.05) is 19.2 Å². The average molecular weight is 399 g/mol. The molecule has 0 fully saturated rings. The van der Waals surface area contributed by atoms with Gasteiger partial charge in [-0.3, -0.25) is 4.99 Å². The van der Waals surface area contributed by atoms with Crippen molar-refractivity contribution >= 4 is 29.9 Å². The van der Waals surface area contributed by atoms with Crippen molar-refractivity contribution in [2.24, 2.45) is 4.99 Å². The van der Waals surface area contributed by atoms with Gasteiger partial charge in [0.1, 0.15) is 5.75 Å². The minimum Gasteiger partial charge on any atom is -0.496 e. The van der Waals surface area contributed by atoms with Gasteiger partial charge in [0.2, 0.25) is 0 Å². The summed E-state index contributed by atoms with van der Waals surface area (Å²) < 4.78 is 29.5.